The average molecular weight is 371 g/mol. The number of carbonyl (C=O) groups excluding carboxylic acids is 1. The van der Waals surface area contributed by atoms with E-state index in [1.165, 1.54) is 0 Å². The maximum absolute atomic E-state index is 12.3. The van der Waals surface area contributed by atoms with E-state index in [-0.39, 0.29) is 18.2 Å². The Morgan fingerprint density at radius 3 is 2.77 bits per heavy atom. The minimum atomic E-state index is -0.0534. The summed E-state index contributed by atoms with van der Waals surface area (Å²) in [6, 6.07) is 0.595. The molecule has 1 aliphatic heterocycles. The van der Waals surface area contributed by atoms with Gasteiger partial charge in [0.15, 0.2) is 0 Å². The third-order valence-corrected chi connectivity index (χ3v) is 4.26. The molecule has 0 spiro atoms. The fraction of sp³-hybridized carbons (Fsp3) is 0.667. The first-order valence-corrected chi connectivity index (χ1v) is 8.61. The fourth-order valence-corrected chi connectivity index (χ4v) is 2.69. The number of nitrogens with one attached hydrogen (secondary N) is 1. The van der Waals surface area contributed by atoms with Crippen molar-refractivity contribution >= 4 is 22.0 Å². The van der Waals surface area contributed by atoms with E-state index in [0.717, 1.165) is 36.7 Å². The van der Waals surface area contributed by atoms with E-state index in [4.69, 9.17) is 4.74 Å². The number of likely N-dealkylation sites (tertiary alicyclic amines) is 1. The van der Waals surface area contributed by atoms with Gasteiger partial charge in [-0.25, -0.2) is 14.8 Å². The Hall–Kier alpha value is -1.37. The molecule has 0 aliphatic carbocycles. The van der Waals surface area contributed by atoms with Gasteiger partial charge in [0.25, 0.3) is 0 Å². The molecule has 1 aliphatic rings. The molecular weight excluding hydrogens is 348 g/mol. The summed E-state index contributed by atoms with van der Waals surface area (Å²) in [6.45, 7) is 5.52. The van der Waals surface area contributed by atoms with Crippen LogP contribution < -0.4 is 10.1 Å². The van der Waals surface area contributed by atoms with Crippen molar-refractivity contribution in [1.82, 2.24) is 20.2 Å². The van der Waals surface area contributed by atoms with E-state index in [1.807, 2.05) is 4.90 Å². The molecule has 7 heteroatoms. The summed E-state index contributed by atoms with van der Waals surface area (Å²) in [4.78, 5) is 22.4. The van der Waals surface area contributed by atoms with Crippen LogP contribution in [0.25, 0.3) is 0 Å². The highest BCUT2D eigenvalue weighted by Gasteiger charge is 2.26. The molecule has 22 heavy (non-hydrogen) atoms. The Bertz CT molecular complexity index is 479. The van der Waals surface area contributed by atoms with Crippen LogP contribution in [0.3, 0.4) is 0 Å². The highest BCUT2D eigenvalue weighted by atomic mass is 79.9. The Morgan fingerprint density at radius 1 is 1.45 bits per heavy atom. The monoisotopic (exact) mass is 370 g/mol. The molecule has 0 bridgehead atoms. The Balaban J connectivity index is 1.88. The van der Waals surface area contributed by atoms with Gasteiger partial charge in [0, 0.05) is 25.0 Å². The Labute approximate surface area is 139 Å². The zero-order valence-electron chi connectivity index (χ0n) is 13.1. The lowest BCUT2D eigenvalue weighted by Gasteiger charge is -2.33. The van der Waals surface area contributed by atoms with E-state index in [0.29, 0.717) is 12.6 Å². The lowest BCUT2D eigenvalue weighted by atomic mass is 10.1. The van der Waals surface area contributed by atoms with Crippen molar-refractivity contribution in [3.63, 3.8) is 0 Å². The zero-order valence-corrected chi connectivity index (χ0v) is 14.7. The molecule has 2 amide bonds. The lowest BCUT2D eigenvalue weighted by molar-refractivity contribution is 0.0927. The van der Waals surface area contributed by atoms with Crippen LogP contribution in [-0.4, -0.2) is 46.1 Å². The topological polar surface area (TPSA) is 67.4 Å². The number of ether oxygens (including phenoxy) is 1. The maximum Gasteiger partial charge on any atom is 0.317 e. The minimum absolute atomic E-state index is 0.00118. The van der Waals surface area contributed by atoms with E-state index in [2.05, 4.69) is 45.1 Å². The van der Waals surface area contributed by atoms with Gasteiger partial charge in [-0.2, -0.15) is 0 Å². The van der Waals surface area contributed by atoms with Crippen molar-refractivity contribution in [2.45, 2.75) is 51.7 Å². The van der Waals surface area contributed by atoms with Crippen LogP contribution in [-0.2, 0) is 0 Å². The van der Waals surface area contributed by atoms with Gasteiger partial charge in [0.2, 0.25) is 0 Å². The molecule has 1 saturated heterocycles. The van der Waals surface area contributed by atoms with E-state index >= 15 is 0 Å². The summed E-state index contributed by atoms with van der Waals surface area (Å²) >= 11 is 3.29. The smallest absolute Gasteiger partial charge is 0.317 e. The summed E-state index contributed by atoms with van der Waals surface area (Å²) < 4.78 is 6.60. The second kappa shape index (κ2) is 8.31. The first-order chi connectivity index (χ1) is 10.6. The van der Waals surface area contributed by atoms with E-state index in [9.17, 15) is 4.79 Å². The van der Waals surface area contributed by atoms with Crippen LogP contribution in [0.4, 0.5) is 4.79 Å². The van der Waals surface area contributed by atoms with Crippen LogP contribution in [0.2, 0.25) is 0 Å². The molecule has 122 valence electrons. The predicted molar refractivity (Wildman–Crippen MR) is 87.9 cm³/mol. The van der Waals surface area contributed by atoms with Gasteiger partial charge in [0.1, 0.15) is 6.10 Å². The van der Waals surface area contributed by atoms with Crippen molar-refractivity contribution in [1.29, 1.82) is 0 Å². The Morgan fingerprint density at radius 2 is 2.14 bits per heavy atom. The maximum atomic E-state index is 12.3. The van der Waals surface area contributed by atoms with Gasteiger partial charge < -0.3 is 15.0 Å². The number of hydrogen-bond donors (Lipinski definition) is 1. The Kier molecular flexibility index (Phi) is 6.42. The number of hydrogen-bond acceptors (Lipinski definition) is 4. The van der Waals surface area contributed by atoms with Crippen LogP contribution in [0, 0.1) is 0 Å². The molecule has 0 aromatic carbocycles. The number of aromatic nitrogens is 2. The van der Waals surface area contributed by atoms with Gasteiger partial charge in [-0.15, -0.1) is 0 Å². The van der Waals surface area contributed by atoms with Gasteiger partial charge in [-0.3, -0.25) is 0 Å². The van der Waals surface area contributed by atoms with Crippen LogP contribution >= 0.6 is 15.9 Å². The molecule has 6 nitrogen and oxygen atoms in total. The standard InChI is InChI=1S/C15H23BrN4O2/c1-3-12(4-2)19-15(21)20-7-5-6-13(10-20)22-14-17-8-11(16)9-18-14/h8-9,12-13H,3-7,10H2,1-2H3,(H,19,21). The molecule has 1 unspecified atom stereocenters. The summed E-state index contributed by atoms with van der Waals surface area (Å²) in [5.41, 5.74) is 0. The van der Waals surface area contributed by atoms with Crippen molar-refractivity contribution in [3.05, 3.63) is 16.9 Å². The average Bonchev–Trinajstić information content (AvgIpc) is 2.55. The van der Waals surface area contributed by atoms with Crippen LogP contribution in [0.5, 0.6) is 6.01 Å². The van der Waals surface area contributed by atoms with Gasteiger partial charge >= 0.3 is 12.0 Å². The first-order valence-electron chi connectivity index (χ1n) is 7.82. The molecule has 2 heterocycles. The third kappa shape index (κ3) is 4.83. The molecule has 1 N–H and O–H groups in total. The number of urea groups is 1. The largest absolute Gasteiger partial charge is 0.458 e. The lowest BCUT2D eigenvalue weighted by Crippen LogP contribution is -2.50. The van der Waals surface area contributed by atoms with Crippen molar-refractivity contribution in [3.8, 4) is 6.01 Å². The number of carbonyl (C=O) groups is 1. The van der Waals surface area contributed by atoms with Crippen molar-refractivity contribution in [2.75, 3.05) is 13.1 Å². The summed E-state index contributed by atoms with van der Waals surface area (Å²) in [5, 5.41) is 3.07. The SMILES string of the molecule is CCC(CC)NC(=O)N1CCCC(Oc2ncc(Br)cn2)C1. The predicted octanol–water partition coefficient (Wildman–Crippen LogP) is 2.98. The van der Waals surface area contributed by atoms with Crippen molar-refractivity contribution in [2.24, 2.45) is 0 Å². The minimum Gasteiger partial charge on any atom is -0.458 e. The second-order valence-corrected chi connectivity index (χ2v) is 6.39. The molecule has 2 rings (SSSR count). The molecule has 0 radical (unpaired) electrons. The molecule has 1 aromatic rings. The number of piperidine rings is 1. The molecule has 1 aromatic heterocycles. The third-order valence-electron chi connectivity index (χ3n) is 3.85. The number of amides is 2. The zero-order chi connectivity index (χ0) is 15.9. The highest BCUT2D eigenvalue weighted by molar-refractivity contribution is 9.10. The first kappa shape index (κ1) is 17.0. The summed E-state index contributed by atoms with van der Waals surface area (Å²) in [7, 11) is 0. The highest BCUT2D eigenvalue weighted by Crippen LogP contribution is 2.16. The molecule has 1 atom stereocenters. The summed E-state index contributed by atoms with van der Waals surface area (Å²) in [6.07, 6.45) is 6.99. The van der Waals surface area contributed by atoms with E-state index < -0.39 is 0 Å². The van der Waals surface area contributed by atoms with Gasteiger partial charge in [0.05, 0.1) is 11.0 Å². The van der Waals surface area contributed by atoms with E-state index in [1.54, 1.807) is 12.4 Å². The molecule has 1 fully saturated rings. The number of nitrogens with zero attached hydrogens (tertiary/aromatic N) is 3. The number of rotatable bonds is 5. The molecule has 0 saturated carbocycles. The normalized spacial score (nSPS) is 18.4. The summed E-state index contributed by atoms with van der Waals surface area (Å²) in [5.74, 6) is 0. The van der Waals surface area contributed by atoms with Crippen molar-refractivity contribution < 1.29 is 9.53 Å². The van der Waals surface area contributed by atoms with Crippen LogP contribution in [0.1, 0.15) is 39.5 Å². The quantitative estimate of drug-likeness (QED) is 0.864. The second-order valence-electron chi connectivity index (χ2n) is 5.47. The van der Waals surface area contributed by atoms with Gasteiger partial charge in [-0.05, 0) is 41.6 Å². The molecular formula is C15H23BrN4O2. The van der Waals surface area contributed by atoms with Gasteiger partial charge in [-0.1, -0.05) is 13.8 Å². The fourth-order valence-electron chi connectivity index (χ4n) is 2.49. The number of halogens is 1. The van der Waals surface area contributed by atoms with Crippen LogP contribution in [0.15, 0.2) is 16.9 Å².